The highest BCUT2D eigenvalue weighted by Gasteiger charge is 2.45. The summed E-state index contributed by atoms with van der Waals surface area (Å²) in [6.07, 6.45) is 4.81. The average Bonchev–Trinajstić information content (AvgIpc) is 2.87. The molecule has 3 aromatic rings. The number of fused-ring (bicyclic) bond motifs is 1. The zero-order valence-corrected chi connectivity index (χ0v) is 20.8. The highest BCUT2D eigenvalue weighted by Crippen LogP contribution is 2.38. The second-order valence-electron chi connectivity index (χ2n) is 10.0. The minimum absolute atomic E-state index is 0.0259. The quantitative estimate of drug-likeness (QED) is 0.493. The Kier molecular flexibility index (Phi) is 7.07. The van der Waals surface area contributed by atoms with E-state index in [4.69, 9.17) is 4.74 Å². The number of carboxylic acids is 1. The maximum atomic E-state index is 12.4. The predicted octanol–water partition coefficient (Wildman–Crippen LogP) is 3.75. The van der Waals surface area contributed by atoms with Crippen LogP contribution in [0.4, 0.5) is 5.82 Å². The number of hydrogen-bond acceptors (Lipinski definition) is 7. The topological polar surface area (TPSA) is 99.0 Å². The summed E-state index contributed by atoms with van der Waals surface area (Å²) < 4.78 is 5.35. The summed E-state index contributed by atoms with van der Waals surface area (Å²) in [7, 11) is 1.62. The van der Waals surface area contributed by atoms with Crippen molar-refractivity contribution in [3.63, 3.8) is 0 Å². The zero-order valence-electron chi connectivity index (χ0n) is 20.8. The highest BCUT2D eigenvalue weighted by molar-refractivity contribution is 5.83. The van der Waals surface area contributed by atoms with Crippen LogP contribution in [0.1, 0.15) is 37.9 Å². The number of hydrogen-bond donors (Lipinski definition) is 2. The van der Waals surface area contributed by atoms with Crippen molar-refractivity contribution in [1.29, 1.82) is 0 Å². The van der Waals surface area contributed by atoms with Gasteiger partial charge in [-0.05, 0) is 80.6 Å². The van der Waals surface area contributed by atoms with E-state index in [1.807, 2.05) is 49.4 Å². The third-order valence-corrected chi connectivity index (χ3v) is 8.05. The standard InChI is InChI=1S/C28H34N4O4/c1-18-27(28(34)35)19(11-14-32(18)20-16-31(17-20)26-5-3-4-12-30-26)6-9-25(33)22-10-13-29-24-8-7-21(36-2)15-23(22)24/h3-5,7-8,10,12-13,15,18-20,25,27,33H,6,9,11,14,16-17H2,1-2H3,(H,34,35)/t18?,19-,25?,27+/m1/s1. The molecule has 8 heteroatoms. The van der Waals surface area contributed by atoms with Crippen LogP contribution in [-0.2, 0) is 4.79 Å². The summed E-state index contributed by atoms with van der Waals surface area (Å²) in [5, 5.41) is 22.1. The molecule has 0 bridgehead atoms. The molecule has 2 aromatic heterocycles. The molecule has 0 spiro atoms. The van der Waals surface area contributed by atoms with Gasteiger partial charge in [0.25, 0.3) is 0 Å². The average molecular weight is 491 g/mol. The van der Waals surface area contributed by atoms with Crippen molar-refractivity contribution in [2.45, 2.75) is 44.4 Å². The van der Waals surface area contributed by atoms with Crippen molar-refractivity contribution in [1.82, 2.24) is 14.9 Å². The van der Waals surface area contributed by atoms with E-state index < -0.39 is 18.0 Å². The van der Waals surface area contributed by atoms with Crippen molar-refractivity contribution in [3.8, 4) is 5.75 Å². The summed E-state index contributed by atoms with van der Waals surface area (Å²) in [5.74, 6) is 0.517. The molecule has 0 amide bonds. The van der Waals surface area contributed by atoms with Crippen LogP contribution in [0.15, 0.2) is 54.9 Å². The third-order valence-electron chi connectivity index (χ3n) is 8.05. The fourth-order valence-electron chi connectivity index (χ4n) is 6.03. The van der Waals surface area contributed by atoms with Crippen molar-refractivity contribution in [2.75, 3.05) is 31.6 Å². The lowest BCUT2D eigenvalue weighted by Crippen LogP contribution is -2.65. The van der Waals surface area contributed by atoms with Crippen LogP contribution in [-0.4, -0.2) is 69.9 Å². The van der Waals surface area contributed by atoms with E-state index in [9.17, 15) is 15.0 Å². The number of aliphatic hydroxyl groups is 1. The highest BCUT2D eigenvalue weighted by atomic mass is 16.5. The second kappa shape index (κ2) is 10.4. The molecule has 1 aromatic carbocycles. The number of piperidine rings is 1. The Labute approximate surface area is 211 Å². The van der Waals surface area contributed by atoms with Crippen molar-refractivity contribution in [3.05, 3.63) is 60.4 Å². The van der Waals surface area contributed by atoms with Gasteiger partial charge in [-0.2, -0.15) is 0 Å². The Balaban J connectivity index is 1.23. The molecule has 2 fully saturated rings. The summed E-state index contributed by atoms with van der Waals surface area (Å²) in [4.78, 5) is 25.8. The molecule has 2 aliphatic heterocycles. The van der Waals surface area contributed by atoms with Gasteiger partial charge in [0.15, 0.2) is 0 Å². The van der Waals surface area contributed by atoms with Gasteiger partial charge >= 0.3 is 5.97 Å². The van der Waals surface area contributed by atoms with Crippen LogP contribution in [0.3, 0.4) is 0 Å². The first-order valence-electron chi connectivity index (χ1n) is 12.7. The van der Waals surface area contributed by atoms with Crippen molar-refractivity contribution >= 4 is 22.7 Å². The van der Waals surface area contributed by atoms with E-state index in [1.54, 1.807) is 19.5 Å². The fourth-order valence-corrected chi connectivity index (χ4v) is 6.03. The van der Waals surface area contributed by atoms with Crippen LogP contribution in [0, 0.1) is 11.8 Å². The summed E-state index contributed by atoms with van der Waals surface area (Å²) in [6.45, 7) is 4.67. The van der Waals surface area contributed by atoms with Crippen LogP contribution in [0.2, 0.25) is 0 Å². The number of carboxylic acid groups (broad SMARTS) is 1. The number of rotatable bonds is 8. The smallest absolute Gasteiger partial charge is 0.308 e. The summed E-state index contributed by atoms with van der Waals surface area (Å²) in [6, 6.07) is 13.7. The van der Waals surface area contributed by atoms with E-state index in [0.717, 1.165) is 48.3 Å². The molecule has 4 atom stereocenters. The normalized spacial score (nSPS) is 23.9. The number of aromatic nitrogens is 2. The minimum atomic E-state index is -0.744. The third kappa shape index (κ3) is 4.75. The zero-order chi connectivity index (χ0) is 25.2. The molecule has 8 nitrogen and oxygen atoms in total. The van der Waals surface area contributed by atoms with Crippen LogP contribution >= 0.6 is 0 Å². The monoisotopic (exact) mass is 490 g/mol. The lowest BCUT2D eigenvalue weighted by molar-refractivity contribution is -0.150. The summed E-state index contributed by atoms with van der Waals surface area (Å²) >= 11 is 0. The van der Waals surface area contributed by atoms with E-state index in [-0.39, 0.29) is 12.0 Å². The lowest BCUT2D eigenvalue weighted by Gasteiger charge is -2.52. The number of pyridine rings is 2. The largest absolute Gasteiger partial charge is 0.497 e. The van der Waals surface area contributed by atoms with Crippen molar-refractivity contribution < 1.29 is 19.7 Å². The molecule has 190 valence electrons. The van der Waals surface area contributed by atoms with Gasteiger partial charge < -0.3 is 19.8 Å². The molecular weight excluding hydrogens is 456 g/mol. The van der Waals surface area contributed by atoms with Crippen molar-refractivity contribution in [2.24, 2.45) is 11.8 Å². The first kappa shape index (κ1) is 24.5. The number of benzene rings is 1. The van der Waals surface area contributed by atoms with E-state index in [2.05, 4.69) is 19.8 Å². The molecule has 4 heterocycles. The summed E-state index contributed by atoms with van der Waals surface area (Å²) in [5.41, 5.74) is 1.61. The molecular formula is C28H34N4O4. The molecule has 0 radical (unpaired) electrons. The number of aliphatic hydroxyl groups excluding tert-OH is 1. The Morgan fingerprint density at radius 3 is 2.72 bits per heavy atom. The maximum Gasteiger partial charge on any atom is 0.308 e. The van der Waals surface area contributed by atoms with Gasteiger partial charge in [0.2, 0.25) is 0 Å². The molecule has 5 rings (SSSR count). The number of likely N-dealkylation sites (tertiary alicyclic amines) is 1. The van der Waals surface area contributed by atoms with Gasteiger partial charge in [-0.15, -0.1) is 0 Å². The van der Waals surface area contributed by atoms with Crippen LogP contribution in [0.5, 0.6) is 5.75 Å². The number of ether oxygens (including phenoxy) is 1. The molecule has 0 aliphatic carbocycles. The number of aliphatic carboxylic acids is 1. The molecule has 2 saturated heterocycles. The maximum absolute atomic E-state index is 12.4. The van der Waals surface area contributed by atoms with Gasteiger partial charge in [0.05, 0.1) is 24.6 Å². The fraction of sp³-hybridized carbons (Fsp3) is 0.464. The molecule has 2 N–H and O–H groups in total. The minimum Gasteiger partial charge on any atom is -0.497 e. The predicted molar refractivity (Wildman–Crippen MR) is 138 cm³/mol. The Morgan fingerprint density at radius 1 is 1.17 bits per heavy atom. The number of nitrogens with zero attached hydrogens (tertiary/aromatic N) is 4. The van der Waals surface area contributed by atoms with Gasteiger partial charge in [-0.25, -0.2) is 4.98 Å². The Bertz CT molecular complexity index is 1200. The first-order chi connectivity index (χ1) is 17.5. The van der Waals surface area contributed by atoms with Crippen LogP contribution < -0.4 is 9.64 Å². The number of carbonyl (C=O) groups is 1. The SMILES string of the molecule is COc1ccc2nccc(C(O)CC[C@@H]3CCN(C4CN(c5ccccn5)C4)C(C)[C@@H]3C(=O)O)c2c1. The second-order valence-corrected chi connectivity index (χ2v) is 10.0. The number of methoxy groups -OCH3 is 1. The lowest BCUT2D eigenvalue weighted by atomic mass is 9.76. The molecule has 2 aliphatic rings. The number of anilines is 1. The van der Waals surface area contributed by atoms with Gasteiger partial charge in [-0.3, -0.25) is 14.7 Å². The first-order valence-corrected chi connectivity index (χ1v) is 12.7. The van der Waals surface area contributed by atoms with E-state index in [1.165, 1.54) is 0 Å². The Hall–Kier alpha value is -3.23. The van der Waals surface area contributed by atoms with Gasteiger partial charge in [0, 0.05) is 43.0 Å². The van der Waals surface area contributed by atoms with Gasteiger partial charge in [0.1, 0.15) is 11.6 Å². The molecule has 2 unspecified atom stereocenters. The van der Waals surface area contributed by atoms with Gasteiger partial charge in [-0.1, -0.05) is 6.07 Å². The Morgan fingerprint density at radius 2 is 2.00 bits per heavy atom. The molecule has 0 saturated carbocycles. The van der Waals surface area contributed by atoms with Crippen LogP contribution in [0.25, 0.3) is 10.9 Å². The van der Waals surface area contributed by atoms with E-state index >= 15 is 0 Å². The molecule has 36 heavy (non-hydrogen) atoms. The van der Waals surface area contributed by atoms with E-state index in [0.29, 0.717) is 24.6 Å².